The summed E-state index contributed by atoms with van der Waals surface area (Å²) in [6.45, 7) is -0.474. The molecule has 0 aromatic heterocycles. The van der Waals surface area contributed by atoms with Crippen LogP contribution in [-0.4, -0.2) is 40.3 Å². The number of rotatable bonds is 5. The van der Waals surface area contributed by atoms with Crippen LogP contribution < -0.4 is 5.43 Å². The Labute approximate surface area is 147 Å². The third-order valence-electron chi connectivity index (χ3n) is 3.66. The summed E-state index contributed by atoms with van der Waals surface area (Å²) in [7, 11) is 0. The predicted octanol–water partition coefficient (Wildman–Crippen LogP) is 1.34. The zero-order valence-electron chi connectivity index (χ0n) is 13.3. The van der Waals surface area contributed by atoms with Crippen molar-refractivity contribution in [3.63, 3.8) is 0 Å². The number of benzene rings is 2. The standard InChI is InChI=1S/C17H12N4O5/c22-15(19-18-9-11-4-3-5-12(8-11)21(25)26)10-20-16(23)13-6-1-2-7-14(13)17(20)24/h1-9H,10H2,(H,19,22). The molecule has 0 radical (unpaired) electrons. The number of nitro benzene ring substituents is 1. The lowest BCUT2D eigenvalue weighted by atomic mass is 10.1. The fourth-order valence-electron chi connectivity index (χ4n) is 2.46. The van der Waals surface area contributed by atoms with Crippen LogP contribution in [0.2, 0.25) is 0 Å². The highest BCUT2D eigenvalue weighted by atomic mass is 16.6. The van der Waals surface area contributed by atoms with Crippen LogP contribution in [-0.2, 0) is 4.79 Å². The van der Waals surface area contributed by atoms with Crippen LogP contribution in [0.5, 0.6) is 0 Å². The molecule has 9 nitrogen and oxygen atoms in total. The Balaban J connectivity index is 1.62. The first-order valence-electron chi connectivity index (χ1n) is 7.49. The summed E-state index contributed by atoms with van der Waals surface area (Å²) in [6.07, 6.45) is 1.23. The predicted molar refractivity (Wildman–Crippen MR) is 90.6 cm³/mol. The summed E-state index contributed by atoms with van der Waals surface area (Å²) >= 11 is 0. The van der Waals surface area contributed by atoms with E-state index in [1.165, 1.54) is 36.5 Å². The van der Waals surface area contributed by atoms with Crippen molar-refractivity contribution < 1.29 is 19.3 Å². The number of nitro groups is 1. The number of fused-ring (bicyclic) bond motifs is 1. The zero-order valence-corrected chi connectivity index (χ0v) is 13.3. The maximum atomic E-state index is 12.2. The Kier molecular flexibility index (Phi) is 4.52. The number of imide groups is 1. The fourth-order valence-corrected chi connectivity index (χ4v) is 2.46. The number of amides is 3. The van der Waals surface area contributed by atoms with E-state index in [4.69, 9.17) is 0 Å². The van der Waals surface area contributed by atoms with Crippen molar-refractivity contribution in [2.24, 2.45) is 5.10 Å². The van der Waals surface area contributed by atoms with Gasteiger partial charge in [0.25, 0.3) is 23.4 Å². The van der Waals surface area contributed by atoms with Crippen molar-refractivity contribution in [1.29, 1.82) is 0 Å². The molecule has 0 saturated heterocycles. The second-order valence-electron chi connectivity index (χ2n) is 5.39. The van der Waals surface area contributed by atoms with E-state index in [0.29, 0.717) is 5.56 Å². The van der Waals surface area contributed by atoms with Crippen LogP contribution in [0.15, 0.2) is 53.6 Å². The Morgan fingerprint density at radius 1 is 1.12 bits per heavy atom. The number of carbonyl (C=O) groups excluding carboxylic acids is 3. The number of hydrogen-bond donors (Lipinski definition) is 1. The van der Waals surface area contributed by atoms with Gasteiger partial charge in [-0.2, -0.15) is 5.10 Å². The quantitative estimate of drug-likeness (QED) is 0.377. The van der Waals surface area contributed by atoms with E-state index in [1.807, 2.05) is 0 Å². The van der Waals surface area contributed by atoms with E-state index >= 15 is 0 Å². The average molecular weight is 352 g/mol. The van der Waals surface area contributed by atoms with Crippen molar-refractivity contribution >= 4 is 29.6 Å². The summed E-state index contributed by atoms with van der Waals surface area (Å²) in [5, 5.41) is 14.4. The molecule has 1 aliphatic rings. The van der Waals surface area contributed by atoms with Gasteiger partial charge in [0.2, 0.25) is 0 Å². The Bertz CT molecular complexity index is 919. The molecule has 1 N–H and O–H groups in total. The number of carbonyl (C=O) groups is 3. The van der Waals surface area contributed by atoms with Crippen LogP contribution in [0.3, 0.4) is 0 Å². The molecular formula is C17H12N4O5. The molecule has 0 spiro atoms. The first-order valence-corrected chi connectivity index (χ1v) is 7.49. The molecule has 2 aromatic rings. The Morgan fingerprint density at radius 2 is 1.77 bits per heavy atom. The molecule has 0 saturated carbocycles. The maximum Gasteiger partial charge on any atom is 0.270 e. The van der Waals surface area contributed by atoms with Crippen LogP contribution >= 0.6 is 0 Å². The lowest BCUT2D eigenvalue weighted by Gasteiger charge is -2.11. The van der Waals surface area contributed by atoms with E-state index in [0.717, 1.165) is 4.90 Å². The second-order valence-corrected chi connectivity index (χ2v) is 5.39. The van der Waals surface area contributed by atoms with Gasteiger partial charge >= 0.3 is 0 Å². The van der Waals surface area contributed by atoms with E-state index in [2.05, 4.69) is 10.5 Å². The van der Waals surface area contributed by atoms with Crippen molar-refractivity contribution in [2.75, 3.05) is 6.54 Å². The lowest BCUT2D eigenvalue weighted by Crippen LogP contribution is -2.38. The third kappa shape index (κ3) is 3.31. The van der Waals surface area contributed by atoms with Gasteiger partial charge in [-0.05, 0) is 12.1 Å². The normalized spacial score (nSPS) is 13.2. The lowest BCUT2D eigenvalue weighted by molar-refractivity contribution is -0.384. The molecule has 1 aliphatic heterocycles. The number of nitrogens with one attached hydrogen (secondary N) is 1. The number of hydrogen-bond acceptors (Lipinski definition) is 6. The van der Waals surface area contributed by atoms with Crippen LogP contribution in [0.1, 0.15) is 26.3 Å². The molecule has 1 heterocycles. The summed E-state index contributed by atoms with van der Waals surface area (Å²) < 4.78 is 0. The van der Waals surface area contributed by atoms with Crippen LogP contribution in [0.25, 0.3) is 0 Å². The second kappa shape index (κ2) is 6.93. The van der Waals surface area contributed by atoms with Gasteiger partial charge in [-0.3, -0.25) is 29.4 Å². The van der Waals surface area contributed by atoms with Gasteiger partial charge in [0.15, 0.2) is 0 Å². The van der Waals surface area contributed by atoms with Crippen LogP contribution in [0.4, 0.5) is 5.69 Å². The first-order chi connectivity index (χ1) is 12.5. The molecule has 0 unspecified atom stereocenters. The molecule has 0 atom stereocenters. The third-order valence-corrected chi connectivity index (χ3v) is 3.66. The Morgan fingerprint density at radius 3 is 2.38 bits per heavy atom. The smallest absolute Gasteiger partial charge is 0.270 e. The minimum atomic E-state index is -0.666. The Hall–Kier alpha value is -3.88. The monoisotopic (exact) mass is 352 g/mol. The van der Waals surface area contributed by atoms with Crippen molar-refractivity contribution in [2.45, 2.75) is 0 Å². The molecule has 9 heteroatoms. The van der Waals surface area contributed by atoms with E-state index in [9.17, 15) is 24.5 Å². The summed E-state index contributed by atoms with van der Waals surface area (Å²) in [4.78, 5) is 47.2. The molecule has 2 aromatic carbocycles. The van der Waals surface area contributed by atoms with E-state index in [-0.39, 0.29) is 16.8 Å². The van der Waals surface area contributed by atoms with Crippen molar-refractivity contribution in [1.82, 2.24) is 10.3 Å². The van der Waals surface area contributed by atoms with Gasteiger partial charge in [0.1, 0.15) is 6.54 Å². The van der Waals surface area contributed by atoms with Gasteiger partial charge in [-0.15, -0.1) is 0 Å². The molecule has 0 fully saturated rings. The number of non-ortho nitro benzene ring substituents is 1. The zero-order chi connectivity index (χ0) is 18.7. The molecule has 26 heavy (non-hydrogen) atoms. The van der Waals surface area contributed by atoms with Gasteiger partial charge in [0, 0.05) is 17.7 Å². The SMILES string of the molecule is O=C(CN1C(=O)c2ccccc2C1=O)NN=Cc1cccc([N+](=O)[O-])c1. The molecule has 0 bridgehead atoms. The van der Waals surface area contributed by atoms with E-state index < -0.39 is 29.2 Å². The maximum absolute atomic E-state index is 12.2. The summed E-state index contributed by atoms with van der Waals surface area (Å²) in [5.41, 5.74) is 3.01. The van der Waals surface area contributed by atoms with Gasteiger partial charge in [-0.25, -0.2) is 5.43 Å². The van der Waals surface area contributed by atoms with E-state index in [1.54, 1.807) is 18.2 Å². The topological polar surface area (TPSA) is 122 Å². The average Bonchev–Trinajstić information content (AvgIpc) is 2.87. The number of hydrazone groups is 1. The van der Waals surface area contributed by atoms with Crippen LogP contribution in [0, 0.1) is 10.1 Å². The van der Waals surface area contributed by atoms with Gasteiger partial charge in [-0.1, -0.05) is 24.3 Å². The molecule has 3 amide bonds. The number of nitrogens with zero attached hydrogens (tertiary/aromatic N) is 3. The molecule has 3 rings (SSSR count). The minimum absolute atomic E-state index is 0.105. The molecular weight excluding hydrogens is 340 g/mol. The fraction of sp³-hybridized carbons (Fsp3) is 0.0588. The largest absolute Gasteiger partial charge is 0.271 e. The van der Waals surface area contributed by atoms with Gasteiger partial charge < -0.3 is 0 Å². The van der Waals surface area contributed by atoms with Crippen molar-refractivity contribution in [3.05, 3.63) is 75.3 Å². The summed E-state index contributed by atoms with van der Waals surface area (Å²) in [5.74, 6) is -1.74. The molecule has 130 valence electrons. The first kappa shape index (κ1) is 17.0. The minimum Gasteiger partial charge on any atom is -0.271 e. The van der Waals surface area contributed by atoms with Gasteiger partial charge in [0.05, 0.1) is 22.3 Å². The highest BCUT2D eigenvalue weighted by Gasteiger charge is 2.36. The molecule has 0 aliphatic carbocycles. The van der Waals surface area contributed by atoms with Crippen molar-refractivity contribution in [3.8, 4) is 0 Å². The highest BCUT2D eigenvalue weighted by molar-refractivity contribution is 6.22. The summed E-state index contributed by atoms with van der Waals surface area (Å²) in [6, 6.07) is 12.0. The highest BCUT2D eigenvalue weighted by Crippen LogP contribution is 2.21.